The van der Waals surface area contributed by atoms with E-state index < -0.39 is 5.92 Å². The van der Waals surface area contributed by atoms with Crippen molar-refractivity contribution in [2.75, 3.05) is 0 Å². The van der Waals surface area contributed by atoms with Crippen LogP contribution in [0.15, 0.2) is 0 Å². The lowest BCUT2D eigenvalue weighted by Crippen LogP contribution is -2.58. The van der Waals surface area contributed by atoms with E-state index in [4.69, 9.17) is 4.74 Å². The van der Waals surface area contributed by atoms with Gasteiger partial charge in [0.05, 0.1) is 12.0 Å². The average molecular weight is 236 g/mol. The summed E-state index contributed by atoms with van der Waals surface area (Å²) in [6.45, 7) is 5.85. The lowest BCUT2D eigenvalue weighted by atomic mass is 9.50. The minimum absolute atomic E-state index is 0.0274. The second-order valence-corrected chi connectivity index (χ2v) is 6.27. The molecule has 5 atom stereocenters. The first-order valence-electron chi connectivity index (χ1n) is 6.64. The number of ketones is 2. The second kappa shape index (κ2) is 3.19. The molecule has 0 aromatic heterocycles. The van der Waals surface area contributed by atoms with Crippen LogP contribution >= 0.6 is 0 Å². The molecular formula is C14H20O3. The Morgan fingerprint density at radius 1 is 1.41 bits per heavy atom. The maximum atomic E-state index is 12.1. The minimum Gasteiger partial charge on any atom is -0.365 e. The van der Waals surface area contributed by atoms with E-state index in [0.29, 0.717) is 18.4 Å². The van der Waals surface area contributed by atoms with Crippen molar-refractivity contribution in [1.82, 2.24) is 0 Å². The topological polar surface area (TPSA) is 46.7 Å². The molecule has 3 aliphatic rings. The van der Waals surface area contributed by atoms with Crippen molar-refractivity contribution in [1.29, 1.82) is 0 Å². The van der Waals surface area contributed by atoms with Gasteiger partial charge in [0, 0.05) is 11.8 Å². The highest BCUT2D eigenvalue weighted by atomic mass is 16.6. The summed E-state index contributed by atoms with van der Waals surface area (Å²) in [4.78, 5) is 24.0. The highest BCUT2D eigenvalue weighted by Gasteiger charge is 2.75. The van der Waals surface area contributed by atoms with Gasteiger partial charge in [-0.25, -0.2) is 0 Å². The van der Waals surface area contributed by atoms with E-state index in [1.54, 1.807) is 6.92 Å². The van der Waals surface area contributed by atoms with Crippen LogP contribution in [-0.4, -0.2) is 23.3 Å². The Hall–Kier alpha value is -0.700. The maximum absolute atomic E-state index is 12.1. The van der Waals surface area contributed by atoms with Gasteiger partial charge in [0.2, 0.25) is 0 Å². The van der Waals surface area contributed by atoms with Gasteiger partial charge in [-0.3, -0.25) is 9.59 Å². The van der Waals surface area contributed by atoms with Crippen LogP contribution in [0.2, 0.25) is 0 Å². The molecule has 0 aromatic rings. The monoisotopic (exact) mass is 236 g/mol. The van der Waals surface area contributed by atoms with E-state index in [1.165, 1.54) is 0 Å². The summed E-state index contributed by atoms with van der Waals surface area (Å²) in [5.74, 6) is 0.115. The van der Waals surface area contributed by atoms with Gasteiger partial charge in [0.15, 0.2) is 0 Å². The molecule has 1 heterocycles. The molecule has 1 aliphatic heterocycles. The zero-order valence-corrected chi connectivity index (χ0v) is 10.8. The van der Waals surface area contributed by atoms with Crippen LogP contribution in [0.25, 0.3) is 0 Å². The van der Waals surface area contributed by atoms with Gasteiger partial charge < -0.3 is 4.74 Å². The summed E-state index contributed by atoms with van der Waals surface area (Å²) in [5, 5.41) is 0. The molecule has 0 amide bonds. The predicted octanol–water partition coefficient (Wildman–Crippen LogP) is 2.13. The SMILES string of the molecule is CC(=O)C1C(=O)CCC23OC2CCC(C)C13C. The summed E-state index contributed by atoms with van der Waals surface area (Å²) in [6.07, 6.45) is 3.80. The number of rotatable bonds is 1. The zero-order chi connectivity index (χ0) is 12.4. The minimum atomic E-state index is -0.434. The molecule has 17 heavy (non-hydrogen) atoms. The third kappa shape index (κ3) is 1.16. The van der Waals surface area contributed by atoms with Crippen LogP contribution < -0.4 is 0 Å². The van der Waals surface area contributed by atoms with E-state index in [2.05, 4.69) is 13.8 Å². The van der Waals surface area contributed by atoms with Gasteiger partial charge in [-0.1, -0.05) is 13.8 Å². The largest absolute Gasteiger partial charge is 0.365 e. The first-order valence-corrected chi connectivity index (χ1v) is 6.64. The fourth-order valence-corrected chi connectivity index (χ4v) is 4.56. The molecule has 5 unspecified atom stereocenters. The molecule has 1 saturated heterocycles. The van der Waals surface area contributed by atoms with E-state index >= 15 is 0 Å². The smallest absolute Gasteiger partial charge is 0.144 e. The van der Waals surface area contributed by atoms with Crippen molar-refractivity contribution >= 4 is 11.6 Å². The number of carbonyl (C=O) groups is 2. The molecule has 3 rings (SSSR count). The Bertz CT molecular complexity index is 402. The number of hydrogen-bond donors (Lipinski definition) is 0. The summed E-state index contributed by atoms with van der Waals surface area (Å²) in [7, 11) is 0. The fraction of sp³-hybridized carbons (Fsp3) is 0.857. The first kappa shape index (κ1) is 11.4. The van der Waals surface area contributed by atoms with Crippen LogP contribution in [0, 0.1) is 17.3 Å². The summed E-state index contributed by atoms with van der Waals surface area (Å²) < 4.78 is 5.97. The Kier molecular flexibility index (Phi) is 2.14. The zero-order valence-electron chi connectivity index (χ0n) is 10.8. The van der Waals surface area contributed by atoms with Crippen LogP contribution in [0.4, 0.5) is 0 Å². The highest BCUT2D eigenvalue weighted by molar-refractivity contribution is 6.03. The highest BCUT2D eigenvalue weighted by Crippen LogP contribution is 2.67. The van der Waals surface area contributed by atoms with Crippen LogP contribution in [-0.2, 0) is 14.3 Å². The van der Waals surface area contributed by atoms with E-state index in [9.17, 15) is 9.59 Å². The van der Waals surface area contributed by atoms with Gasteiger partial charge in [0.1, 0.15) is 17.2 Å². The van der Waals surface area contributed by atoms with E-state index in [-0.39, 0.29) is 22.6 Å². The normalized spacial score (nSPS) is 52.6. The standard InChI is InChI=1S/C14H20O3/c1-8-4-5-11-14(17-11)7-6-10(16)12(9(2)15)13(8,14)3/h8,11-12H,4-7H2,1-3H3. The third-order valence-corrected chi connectivity index (χ3v) is 5.68. The van der Waals surface area contributed by atoms with Crippen molar-refractivity contribution in [3.8, 4) is 0 Å². The quantitative estimate of drug-likeness (QED) is 0.517. The number of Topliss-reactive ketones (excluding diaryl/α,β-unsaturated/α-hetero) is 2. The van der Waals surface area contributed by atoms with Gasteiger partial charge in [0.25, 0.3) is 0 Å². The second-order valence-electron chi connectivity index (χ2n) is 6.27. The molecule has 1 spiro atoms. The van der Waals surface area contributed by atoms with Crippen LogP contribution in [0.3, 0.4) is 0 Å². The van der Waals surface area contributed by atoms with Crippen LogP contribution in [0.5, 0.6) is 0 Å². The van der Waals surface area contributed by atoms with Crippen molar-refractivity contribution < 1.29 is 14.3 Å². The number of ether oxygens (including phenoxy) is 1. The summed E-state index contributed by atoms with van der Waals surface area (Å²) >= 11 is 0. The molecule has 0 radical (unpaired) electrons. The molecule has 3 heteroatoms. The Morgan fingerprint density at radius 3 is 2.76 bits per heavy atom. The van der Waals surface area contributed by atoms with Gasteiger partial charge in [-0.2, -0.15) is 0 Å². The Balaban J connectivity index is 2.08. The van der Waals surface area contributed by atoms with Crippen LogP contribution in [0.1, 0.15) is 46.5 Å². The van der Waals surface area contributed by atoms with Gasteiger partial charge in [-0.15, -0.1) is 0 Å². The lowest BCUT2D eigenvalue weighted by molar-refractivity contribution is -0.149. The van der Waals surface area contributed by atoms with Gasteiger partial charge in [-0.05, 0) is 32.1 Å². The summed E-state index contributed by atoms with van der Waals surface area (Å²) in [5.41, 5.74) is -0.425. The number of epoxide rings is 1. The molecule has 0 aromatic carbocycles. The fourth-order valence-electron chi connectivity index (χ4n) is 4.56. The molecule has 2 aliphatic carbocycles. The molecule has 0 N–H and O–H groups in total. The molecule has 0 bridgehead atoms. The summed E-state index contributed by atoms with van der Waals surface area (Å²) in [6, 6.07) is 0. The molecule has 94 valence electrons. The molecule has 3 fully saturated rings. The van der Waals surface area contributed by atoms with Crippen molar-refractivity contribution in [2.45, 2.75) is 58.2 Å². The Morgan fingerprint density at radius 2 is 2.12 bits per heavy atom. The Labute approximate surface area is 102 Å². The molecular weight excluding hydrogens is 216 g/mol. The maximum Gasteiger partial charge on any atom is 0.144 e. The van der Waals surface area contributed by atoms with Crippen molar-refractivity contribution in [3.05, 3.63) is 0 Å². The first-order chi connectivity index (χ1) is 7.93. The lowest BCUT2D eigenvalue weighted by Gasteiger charge is -2.50. The van der Waals surface area contributed by atoms with Gasteiger partial charge >= 0.3 is 0 Å². The molecule has 3 nitrogen and oxygen atoms in total. The third-order valence-electron chi connectivity index (χ3n) is 5.68. The van der Waals surface area contributed by atoms with E-state index in [1.807, 2.05) is 0 Å². The van der Waals surface area contributed by atoms with E-state index in [0.717, 1.165) is 19.3 Å². The predicted molar refractivity (Wildman–Crippen MR) is 62.5 cm³/mol. The van der Waals surface area contributed by atoms with Crippen molar-refractivity contribution in [2.24, 2.45) is 17.3 Å². The molecule has 2 saturated carbocycles. The van der Waals surface area contributed by atoms with Crippen molar-refractivity contribution in [3.63, 3.8) is 0 Å². The average Bonchev–Trinajstić information content (AvgIpc) is 2.96. The number of hydrogen-bond acceptors (Lipinski definition) is 3. The number of carbonyl (C=O) groups excluding carboxylic acids is 2.